The lowest BCUT2D eigenvalue weighted by atomic mass is 10.2. The van der Waals surface area contributed by atoms with Crippen molar-refractivity contribution in [3.05, 3.63) is 70.6 Å². The number of rotatable bonds is 2. The van der Waals surface area contributed by atoms with Gasteiger partial charge in [-0.15, -0.1) is 0 Å². The van der Waals surface area contributed by atoms with E-state index in [4.69, 9.17) is 9.15 Å². The zero-order chi connectivity index (χ0) is 14.8. The number of carbonyl (C=O) groups is 1. The normalized spacial score (nSPS) is 10.5. The van der Waals surface area contributed by atoms with E-state index in [9.17, 15) is 14.7 Å². The van der Waals surface area contributed by atoms with Gasteiger partial charge in [0.25, 0.3) is 0 Å². The van der Waals surface area contributed by atoms with Gasteiger partial charge in [-0.2, -0.15) is 0 Å². The molecule has 0 saturated heterocycles. The minimum Gasteiger partial charge on any atom is -0.504 e. The highest BCUT2D eigenvalue weighted by Gasteiger charge is 2.17. The van der Waals surface area contributed by atoms with Crippen molar-refractivity contribution in [3.63, 3.8) is 0 Å². The summed E-state index contributed by atoms with van der Waals surface area (Å²) < 4.78 is 10.1. The third-order valence-corrected chi connectivity index (χ3v) is 2.91. The number of fused-ring (bicyclic) bond motifs is 1. The average Bonchev–Trinajstić information content (AvgIpc) is 2.48. The molecule has 1 heterocycles. The molecule has 1 aromatic heterocycles. The van der Waals surface area contributed by atoms with Crippen molar-refractivity contribution in [1.29, 1.82) is 0 Å². The van der Waals surface area contributed by atoms with Gasteiger partial charge in [-0.05, 0) is 24.3 Å². The highest BCUT2D eigenvalue weighted by molar-refractivity contribution is 5.95. The molecule has 3 aromatic rings. The van der Waals surface area contributed by atoms with E-state index in [-0.39, 0.29) is 16.9 Å². The lowest BCUT2D eigenvalue weighted by molar-refractivity contribution is 0.0730. The predicted octanol–water partition coefficient (Wildman–Crippen LogP) is 2.72. The van der Waals surface area contributed by atoms with E-state index in [1.165, 1.54) is 12.1 Å². The SMILES string of the molecule is O=C(Oc1ccccc1)c1cc2cccc(O)c2oc1=O. The van der Waals surface area contributed by atoms with Crippen LogP contribution in [0.4, 0.5) is 0 Å². The molecule has 5 heteroatoms. The van der Waals surface area contributed by atoms with Gasteiger partial charge in [-0.3, -0.25) is 0 Å². The number of aromatic hydroxyl groups is 1. The van der Waals surface area contributed by atoms with E-state index in [1.807, 2.05) is 0 Å². The summed E-state index contributed by atoms with van der Waals surface area (Å²) in [5.41, 5.74) is -1.04. The molecule has 0 saturated carbocycles. The second-order valence-corrected chi connectivity index (χ2v) is 4.35. The molecule has 1 N–H and O–H groups in total. The molecule has 0 fully saturated rings. The lowest BCUT2D eigenvalue weighted by Crippen LogP contribution is -2.18. The van der Waals surface area contributed by atoms with Crippen molar-refractivity contribution in [2.45, 2.75) is 0 Å². The van der Waals surface area contributed by atoms with Crippen molar-refractivity contribution in [2.75, 3.05) is 0 Å². The maximum absolute atomic E-state index is 12.0. The summed E-state index contributed by atoms with van der Waals surface area (Å²) in [6.45, 7) is 0. The fourth-order valence-electron chi connectivity index (χ4n) is 1.92. The minimum atomic E-state index is -0.857. The Kier molecular flexibility index (Phi) is 3.16. The van der Waals surface area contributed by atoms with Gasteiger partial charge in [0, 0.05) is 5.39 Å². The first-order valence-electron chi connectivity index (χ1n) is 6.18. The third kappa shape index (κ3) is 2.49. The van der Waals surface area contributed by atoms with Gasteiger partial charge in [0.15, 0.2) is 11.3 Å². The van der Waals surface area contributed by atoms with Gasteiger partial charge in [0.1, 0.15) is 11.3 Å². The van der Waals surface area contributed by atoms with Gasteiger partial charge in [-0.25, -0.2) is 9.59 Å². The third-order valence-electron chi connectivity index (χ3n) is 2.91. The summed E-state index contributed by atoms with van der Waals surface area (Å²) in [4.78, 5) is 23.9. The van der Waals surface area contributed by atoms with Gasteiger partial charge < -0.3 is 14.3 Å². The molecule has 0 amide bonds. The summed E-state index contributed by atoms with van der Waals surface area (Å²) in [6.07, 6.45) is 0. The van der Waals surface area contributed by atoms with Gasteiger partial charge in [-0.1, -0.05) is 30.3 Å². The van der Waals surface area contributed by atoms with Crippen molar-refractivity contribution in [2.24, 2.45) is 0 Å². The van der Waals surface area contributed by atoms with Crippen LogP contribution in [0.25, 0.3) is 11.0 Å². The van der Waals surface area contributed by atoms with Gasteiger partial charge >= 0.3 is 11.6 Å². The Bertz CT molecular complexity index is 865. The van der Waals surface area contributed by atoms with Crippen LogP contribution in [-0.2, 0) is 0 Å². The maximum Gasteiger partial charge on any atom is 0.351 e. The first kappa shape index (κ1) is 12.9. The van der Waals surface area contributed by atoms with Crippen LogP contribution < -0.4 is 10.4 Å². The second kappa shape index (κ2) is 5.13. The number of ether oxygens (including phenoxy) is 1. The van der Waals surface area contributed by atoms with Crippen molar-refractivity contribution >= 4 is 16.9 Å². The van der Waals surface area contributed by atoms with Crippen LogP contribution in [0.1, 0.15) is 10.4 Å². The summed E-state index contributed by atoms with van der Waals surface area (Å²) >= 11 is 0. The fourth-order valence-corrected chi connectivity index (χ4v) is 1.92. The van der Waals surface area contributed by atoms with Crippen LogP contribution in [0.2, 0.25) is 0 Å². The number of carbonyl (C=O) groups excluding carboxylic acids is 1. The molecule has 0 aliphatic rings. The molecule has 0 unspecified atom stereocenters. The average molecular weight is 282 g/mol. The number of phenolic OH excluding ortho intramolecular Hbond substituents is 1. The molecular formula is C16H10O5. The first-order chi connectivity index (χ1) is 10.1. The Morgan fingerprint density at radius 3 is 2.57 bits per heavy atom. The highest BCUT2D eigenvalue weighted by Crippen LogP contribution is 2.23. The number of phenols is 1. The van der Waals surface area contributed by atoms with E-state index in [2.05, 4.69) is 0 Å². The van der Waals surface area contributed by atoms with E-state index in [1.54, 1.807) is 42.5 Å². The second-order valence-electron chi connectivity index (χ2n) is 4.35. The largest absolute Gasteiger partial charge is 0.504 e. The first-order valence-corrected chi connectivity index (χ1v) is 6.18. The summed E-state index contributed by atoms with van der Waals surface area (Å²) in [5, 5.41) is 10.1. The quantitative estimate of drug-likeness (QED) is 0.444. The smallest absolute Gasteiger partial charge is 0.351 e. The molecule has 5 nitrogen and oxygen atoms in total. The van der Waals surface area contributed by atoms with Crippen LogP contribution in [0.5, 0.6) is 11.5 Å². The Hall–Kier alpha value is -3.08. The van der Waals surface area contributed by atoms with Crippen molar-refractivity contribution < 1.29 is 19.1 Å². The summed E-state index contributed by atoms with van der Waals surface area (Å²) in [6, 6.07) is 14.4. The van der Waals surface area contributed by atoms with E-state index in [0.717, 1.165) is 0 Å². The fraction of sp³-hybridized carbons (Fsp3) is 0. The zero-order valence-corrected chi connectivity index (χ0v) is 10.8. The number of hydrogen-bond acceptors (Lipinski definition) is 5. The van der Waals surface area contributed by atoms with Crippen molar-refractivity contribution in [1.82, 2.24) is 0 Å². The summed E-state index contributed by atoms with van der Waals surface area (Å²) in [5.74, 6) is -0.634. The Morgan fingerprint density at radius 2 is 1.81 bits per heavy atom. The van der Waals surface area contributed by atoms with Crippen LogP contribution in [0, 0.1) is 0 Å². The Balaban J connectivity index is 2.02. The Morgan fingerprint density at radius 1 is 1.05 bits per heavy atom. The van der Waals surface area contributed by atoms with Crippen LogP contribution in [-0.4, -0.2) is 11.1 Å². The minimum absolute atomic E-state index is 0.0405. The molecule has 104 valence electrons. The van der Waals surface area contributed by atoms with Gasteiger partial charge in [0.2, 0.25) is 0 Å². The molecule has 3 rings (SSSR count). The van der Waals surface area contributed by atoms with Gasteiger partial charge in [0.05, 0.1) is 0 Å². The maximum atomic E-state index is 12.0. The number of para-hydroxylation sites is 2. The zero-order valence-electron chi connectivity index (χ0n) is 10.8. The summed E-state index contributed by atoms with van der Waals surface area (Å²) in [7, 11) is 0. The predicted molar refractivity (Wildman–Crippen MR) is 75.5 cm³/mol. The molecule has 0 radical (unpaired) electrons. The molecule has 0 atom stereocenters. The molecule has 0 spiro atoms. The number of benzene rings is 2. The van der Waals surface area contributed by atoms with Crippen LogP contribution in [0.15, 0.2) is 63.8 Å². The number of hydrogen-bond donors (Lipinski definition) is 1. The molecule has 2 aromatic carbocycles. The molecule has 0 aliphatic heterocycles. The standard InChI is InChI=1S/C16H10O5/c17-13-8-4-5-10-9-12(16(19)21-14(10)13)15(18)20-11-6-2-1-3-7-11/h1-9,17H. The van der Waals surface area contributed by atoms with Crippen LogP contribution in [0.3, 0.4) is 0 Å². The monoisotopic (exact) mass is 282 g/mol. The topological polar surface area (TPSA) is 76.7 Å². The molecule has 21 heavy (non-hydrogen) atoms. The molecular weight excluding hydrogens is 272 g/mol. The van der Waals surface area contributed by atoms with E-state index >= 15 is 0 Å². The molecule has 0 bridgehead atoms. The Labute approximate surface area is 119 Å². The van der Waals surface area contributed by atoms with E-state index < -0.39 is 11.6 Å². The van der Waals surface area contributed by atoms with E-state index in [0.29, 0.717) is 11.1 Å². The highest BCUT2D eigenvalue weighted by atomic mass is 16.5. The van der Waals surface area contributed by atoms with Crippen molar-refractivity contribution in [3.8, 4) is 11.5 Å². The van der Waals surface area contributed by atoms with Crippen LogP contribution >= 0.6 is 0 Å². The number of esters is 1. The lowest BCUT2D eigenvalue weighted by Gasteiger charge is -2.04. The molecule has 0 aliphatic carbocycles.